The minimum absolute atomic E-state index is 0.122. The average Bonchev–Trinajstić information content (AvgIpc) is 3.26. The largest absolute Gasteiger partial charge is 0.496 e. The standard InChI is InChI=1S/C19H25N5O2S/c1-22-10-8-13(9-11-22)23(2)16(14-6-4-5-7-15(14)26-3)17-18(25)24-19(27-17)20-12-21-24/h4-7,12-13,16,25H,8-11H2,1-3H3. The molecule has 1 aliphatic rings. The molecule has 0 saturated carbocycles. The lowest BCUT2D eigenvalue weighted by Gasteiger charge is -2.39. The molecule has 4 rings (SSSR count). The molecular weight excluding hydrogens is 362 g/mol. The van der Waals surface area contributed by atoms with Crippen LogP contribution in [-0.2, 0) is 0 Å². The molecule has 1 N–H and O–H groups in total. The third-order valence-corrected chi connectivity index (χ3v) is 6.58. The number of piperidine rings is 1. The lowest BCUT2D eigenvalue weighted by atomic mass is 9.97. The van der Waals surface area contributed by atoms with Crippen LogP contribution in [0.25, 0.3) is 4.96 Å². The second kappa shape index (κ2) is 7.46. The maximum atomic E-state index is 10.9. The summed E-state index contributed by atoms with van der Waals surface area (Å²) in [6.45, 7) is 2.16. The molecule has 1 saturated heterocycles. The van der Waals surface area contributed by atoms with E-state index in [1.165, 1.54) is 22.2 Å². The maximum Gasteiger partial charge on any atom is 0.230 e. The zero-order chi connectivity index (χ0) is 19.0. The predicted octanol–water partition coefficient (Wildman–Crippen LogP) is 2.62. The van der Waals surface area contributed by atoms with Crippen LogP contribution in [0, 0.1) is 0 Å². The molecule has 1 fully saturated rings. The minimum Gasteiger partial charge on any atom is -0.496 e. The number of rotatable bonds is 5. The molecule has 0 bridgehead atoms. The Morgan fingerprint density at radius 3 is 2.74 bits per heavy atom. The number of aromatic nitrogens is 3. The van der Waals surface area contributed by atoms with Crippen LogP contribution >= 0.6 is 11.3 Å². The number of aromatic hydroxyl groups is 1. The quantitative estimate of drug-likeness (QED) is 0.726. The summed E-state index contributed by atoms with van der Waals surface area (Å²) >= 11 is 1.48. The number of fused-ring (bicyclic) bond motifs is 1. The second-order valence-electron chi connectivity index (χ2n) is 7.09. The number of hydrogen-bond donors (Lipinski definition) is 1. The van der Waals surface area contributed by atoms with E-state index in [2.05, 4.69) is 40.0 Å². The first-order valence-electron chi connectivity index (χ1n) is 9.15. The smallest absolute Gasteiger partial charge is 0.230 e. The molecule has 0 radical (unpaired) electrons. The Kier molecular flexibility index (Phi) is 5.03. The van der Waals surface area contributed by atoms with Gasteiger partial charge in [0, 0.05) is 11.6 Å². The normalized spacial score (nSPS) is 17.6. The van der Waals surface area contributed by atoms with Gasteiger partial charge in [-0.2, -0.15) is 9.61 Å². The Bertz CT molecular complexity index is 916. The summed E-state index contributed by atoms with van der Waals surface area (Å²) in [5.41, 5.74) is 1.04. The first kappa shape index (κ1) is 18.2. The lowest BCUT2D eigenvalue weighted by Crippen LogP contribution is -2.43. The third-order valence-electron chi connectivity index (χ3n) is 5.49. The van der Waals surface area contributed by atoms with E-state index in [4.69, 9.17) is 4.74 Å². The second-order valence-corrected chi connectivity index (χ2v) is 8.10. The van der Waals surface area contributed by atoms with Crippen molar-refractivity contribution < 1.29 is 9.84 Å². The van der Waals surface area contributed by atoms with E-state index in [9.17, 15) is 5.11 Å². The summed E-state index contributed by atoms with van der Waals surface area (Å²) in [5, 5.41) is 15.0. The molecule has 7 nitrogen and oxygen atoms in total. The molecule has 144 valence electrons. The molecule has 8 heteroatoms. The Morgan fingerprint density at radius 1 is 1.30 bits per heavy atom. The van der Waals surface area contributed by atoms with Crippen molar-refractivity contribution in [2.45, 2.75) is 24.9 Å². The van der Waals surface area contributed by atoms with Gasteiger partial charge in [0.15, 0.2) is 0 Å². The zero-order valence-corrected chi connectivity index (χ0v) is 16.7. The molecule has 27 heavy (non-hydrogen) atoms. The van der Waals surface area contributed by atoms with Crippen LogP contribution in [0.2, 0.25) is 0 Å². The molecular formula is C19H25N5O2S. The van der Waals surface area contributed by atoms with Crippen LogP contribution in [0.3, 0.4) is 0 Å². The van der Waals surface area contributed by atoms with Gasteiger partial charge in [-0.25, -0.2) is 4.98 Å². The maximum absolute atomic E-state index is 10.9. The lowest BCUT2D eigenvalue weighted by molar-refractivity contribution is 0.120. The van der Waals surface area contributed by atoms with E-state index < -0.39 is 0 Å². The predicted molar refractivity (Wildman–Crippen MR) is 106 cm³/mol. The highest BCUT2D eigenvalue weighted by atomic mass is 32.1. The summed E-state index contributed by atoms with van der Waals surface area (Å²) in [4.78, 5) is 10.5. The summed E-state index contributed by atoms with van der Waals surface area (Å²) in [7, 11) is 6.00. The molecule has 3 aromatic rings. The van der Waals surface area contributed by atoms with E-state index in [1.54, 1.807) is 7.11 Å². The van der Waals surface area contributed by atoms with Crippen LogP contribution in [0.4, 0.5) is 0 Å². The number of nitrogens with zero attached hydrogens (tertiary/aromatic N) is 5. The van der Waals surface area contributed by atoms with E-state index in [0.717, 1.165) is 42.1 Å². The summed E-state index contributed by atoms with van der Waals surface area (Å²) < 4.78 is 7.15. The van der Waals surface area contributed by atoms with Gasteiger partial charge in [0.2, 0.25) is 10.8 Å². The molecule has 0 amide bonds. The fraction of sp³-hybridized carbons (Fsp3) is 0.474. The van der Waals surface area contributed by atoms with Gasteiger partial charge >= 0.3 is 0 Å². The van der Waals surface area contributed by atoms with Crippen molar-refractivity contribution >= 4 is 16.3 Å². The number of thiazole rings is 1. The zero-order valence-electron chi connectivity index (χ0n) is 15.9. The summed E-state index contributed by atoms with van der Waals surface area (Å²) in [6.07, 6.45) is 3.66. The highest BCUT2D eigenvalue weighted by Crippen LogP contribution is 2.43. The van der Waals surface area contributed by atoms with E-state index in [-0.39, 0.29) is 11.9 Å². The third kappa shape index (κ3) is 3.28. The van der Waals surface area contributed by atoms with Crippen molar-refractivity contribution in [3.05, 3.63) is 41.0 Å². The molecule has 0 aliphatic carbocycles. The average molecular weight is 388 g/mol. The monoisotopic (exact) mass is 387 g/mol. The van der Waals surface area contributed by atoms with Crippen LogP contribution in [0.5, 0.6) is 11.6 Å². The fourth-order valence-electron chi connectivity index (χ4n) is 3.92. The molecule has 1 atom stereocenters. The van der Waals surface area contributed by atoms with E-state index >= 15 is 0 Å². The van der Waals surface area contributed by atoms with Crippen LogP contribution in [0.15, 0.2) is 30.6 Å². The topological polar surface area (TPSA) is 66.1 Å². The van der Waals surface area contributed by atoms with Crippen molar-refractivity contribution in [1.82, 2.24) is 24.4 Å². The Hall–Kier alpha value is -2.16. The van der Waals surface area contributed by atoms with Crippen LogP contribution in [-0.4, -0.2) is 69.8 Å². The molecule has 1 aromatic carbocycles. The van der Waals surface area contributed by atoms with Gasteiger partial charge in [-0.15, -0.1) is 0 Å². The van der Waals surface area contributed by atoms with Crippen LogP contribution in [0.1, 0.15) is 29.3 Å². The molecule has 1 aliphatic heterocycles. The fourth-order valence-corrected chi connectivity index (χ4v) is 5.02. The van der Waals surface area contributed by atoms with Gasteiger partial charge in [-0.1, -0.05) is 29.5 Å². The van der Waals surface area contributed by atoms with Gasteiger partial charge in [0.05, 0.1) is 18.0 Å². The Morgan fingerprint density at radius 2 is 2.04 bits per heavy atom. The SMILES string of the molecule is COc1ccccc1C(c1sc2ncnn2c1O)N(C)C1CCN(C)CC1. The molecule has 3 heterocycles. The van der Waals surface area contributed by atoms with Crippen molar-refractivity contribution in [2.24, 2.45) is 0 Å². The Balaban J connectivity index is 1.79. The van der Waals surface area contributed by atoms with Gasteiger partial charge in [0.25, 0.3) is 0 Å². The molecule has 1 unspecified atom stereocenters. The van der Waals surface area contributed by atoms with Gasteiger partial charge in [0.1, 0.15) is 12.1 Å². The number of likely N-dealkylation sites (tertiary alicyclic amines) is 1. The number of ether oxygens (including phenoxy) is 1. The Labute approximate surface area is 162 Å². The van der Waals surface area contributed by atoms with Crippen molar-refractivity contribution in [3.63, 3.8) is 0 Å². The summed E-state index contributed by atoms with van der Waals surface area (Å²) in [6, 6.07) is 8.34. The van der Waals surface area contributed by atoms with Crippen molar-refractivity contribution in [2.75, 3.05) is 34.3 Å². The number of para-hydroxylation sites is 1. The molecule has 0 spiro atoms. The number of hydrogen-bond acceptors (Lipinski definition) is 7. The van der Waals surface area contributed by atoms with Crippen LogP contribution < -0.4 is 4.74 Å². The first-order valence-corrected chi connectivity index (χ1v) is 9.96. The molecule has 2 aromatic heterocycles. The van der Waals surface area contributed by atoms with Crippen molar-refractivity contribution in [1.29, 1.82) is 0 Å². The van der Waals surface area contributed by atoms with Gasteiger partial charge < -0.3 is 14.7 Å². The highest BCUT2D eigenvalue weighted by molar-refractivity contribution is 7.17. The first-order chi connectivity index (χ1) is 13.1. The minimum atomic E-state index is -0.122. The highest BCUT2D eigenvalue weighted by Gasteiger charge is 2.33. The van der Waals surface area contributed by atoms with Gasteiger partial charge in [-0.3, -0.25) is 4.90 Å². The van der Waals surface area contributed by atoms with E-state index in [0.29, 0.717) is 11.0 Å². The number of benzene rings is 1. The van der Waals surface area contributed by atoms with E-state index in [1.807, 2.05) is 18.2 Å². The summed E-state index contributed by atoms with van der Waals surface area (Å²) in [5.74, 6) is 0.976. The van der Waals surface area contributed by atoms with Gasteiger partial charge in [-0.05, 0) is 46.1 Å². The number of methoxy groups -OCH3 is 1. The van der Waals surface area contributed by atoms with Crippen molar-refractivity contribution in [3.8, 4) is 11.6 Å².